The van der Waals surface area contributed by atoms with Crippen molar-refractivity contribution >= 4 is 33.9 Å². The van der Waals surface area contributed by atoms with Gasteiger partial charge < -0.3 is 9.80 Å². The number of thiophene rings is 1. The van der Waals surface area contributed by atoms with E-state index in [4.69, 9.17) is 0 Å². The van der Waals surface area contributed by atoms with Crippen LogP contribution in [0.3, 0.4) is 0 Å². The molecule has 5 heteroatoms. The molecule has 35 heavy (non-hydrogen) atoms. The average molecular weight is 485 g/mol. The third-order valence-electron chi connectivity index (χ3n) is 6.40. The van der Waals surface area contributed by atoms with Crippen molar-refractivity contribution in [1.82, 2.24) is 9.80 Å². The van der Waals surface area contributed by atoms with E-state index in [9.17, 15) is 9.59 Å². The molecule has 4 aromatic rings. The lowest BCUT2D eigenvalue weighted by molar-refractivity contribution is -0.133. The predicted octanol–water partition coefficient (Wildman–Crippen LogP) is 6.68. The number of carbonyl (C=O) groups excluding carboxylic acids is 2. The highest BCUT2D eigenvalue weighted by molar-refractivity contribution is 7.11. The number of hydrogen-bond donors (Lipinski definition) is 0. The monoisotopic (exact) mass is 484 g/mol. The molecule has 0 saturated heterocycles. The number of benzene rings is 3. The van der Waals surface area contributed by atoms with Crippen LogP contribution in [0.25, 0.3) is 10.8 Å². The Morgan fingerprint density at radius 1 is 0.857 bits per heavy atom. The molecule has 0 N–H and O–H groups in total. The third kappa shape index (κ3) is 6.17. The van der Waals surface area contributed by atoms with Gasteiger partial charge in [-0.15, -0.1) is 11.3 Å². The minimum atomic E-state index is -0.106. The first-order chi connectivity index (χ1) is 16.9. The number of hydrogen-bond acceptors (Lipinski definition) is 3. The summed E-state index contributed by atoms with van der Waals surface area (Å²) in [5, 5.41) is 2.11. The van der Waals surface area contributed by atoms with E-state index in [0.717, 1.165) is 27.6 Å². The highest BCUT2D eigenvalue weighted by Gasteiger charge is 2.26. The van der Waals surface area contributed by atoms with Gasteiger partial charge in [0.15, 0.2) is 0 Å². The van der Waals surface area contributed by atoms with Gasteiger partial charge in [-0.1, -0.05) is 67.6 Å². The van der Waals surface area contributed by atoms with E-state index in [-0.39, 0.29) is 24.4 Å². The van der Waals surface area contributed by atoms with E-state index in [2.05, 4.69) is 19.1 Å². The molecule has 0 bridgehead atoms. The maximum Gasteiger partial charge on any atom is 0.254 e. The molecule has 1 atom stereocenters. The SMILES string of the molecule is CCC(C)N(CC(=O)N(Cc1ccccc1)Cc1ccc(C)s1)C(=O)c1ccc2ccccc2c1. The Kier molecular flexibility index (Phi) is 7.98. The summed E-state index contributed by atoms with van der Waals surface area (Å²) in [4.78, 5) is 33.3. The molecule has 1 unspecified atom stereocenters. The van der Waals surface area contributed by atoms with Gasteiger partial charge in [-0.3, -0.25) is 9.59 Å². The number of nitrogens with zero attached hydrogens (tertiary/aromatic N) is 2. The molecule has 180 valence electrons. The van der Waals surface area contributed by atoms with E-state index < -0.39 is 0 Å². The second-order valence-corrected chi connectivity index (χ2v) is 10.4. The zero-order valence-electron chi connectivity index (χ0n) is 20.6. The van der Waals surface area contributed by atoms with Crippen molar-refractivity contribution in [2.75, 3.05) is 6.54 Å². The Morgan fingerprint density at radius 2 is 1.57 bits per heavy atom. The maximum absolute atomic E-state index is 13.7. The van der Waals surface area contributed by atoms with Gasteiger partial charge in [-0.05, 0) is 60.9 Å². The molecule has 0 saturated carbocycles. The fourth-order valence-corrected chi connectivity index (χ4v) is 5.08. The van der Waals surface area contributed by atoms with Gasteiger partial charge in [-0.2, -0.15) is 0 Å². The van der Waals surface area contributed by atoms with Gasteiger partial charge in [-0.25, -0.2) is 0 Å². The fourth-order valence-electron chi connectivity index (χ4n) is 4.18. The lowest BCUT2D eigenvalue weighted by Crippen LogP contribution is -2.46. The van der Waals surface area contributed by atoms with Crippen molar-refractivity contribution < 1.29 is 9.59 Å². The first-order valence-corrected chi connectivity index (χ1v) is 12.9. The van der Waals surface area contributed by atoms with Crippen LogP contribution >= 0.6 is 11.3 Å². The van der Waals surface area contributed by atoms with Crippen LogP contribution in [0.1, 0.15) is 45.9 Å². The largest absolute Gasteiger partial charge is 0.332 e. The Morgan fingerprint density at radius 3 is 2.26 bits per heavy atom. The molecule has 2 amide bonds. The smallest absolute Gasteiger partial charge is 0.254 e. The molecule has 0 aliphatic rings. The molecule has 0 spiro atoms. The average Bonchev–Trinajstić information content (AvgIpc) is 3.30. The van der Waals surface area contributed by atoms with Crippen molar-refractivity contribution in [3.63, 3.8) is 0 Å². The number of fused-ring (bicyclic) bond motifs is 1. The summed E-state index contributed by atoms with van der Waals surface area (Å²) in [6, 6.07) is 27.9. The Hall–Kier alpha value is -3.44. The lowest BCUT2D eigenvalue weighted by atomic mass is 10.1. The van der Waals surface area contributed by atoms with Crippen LogP contribution in [0.5, 0.6) is 0 Å². The maximum atomic E-state index is 13.7. The van der Waals surface area contributed by atoms with E-state index >= 15 is 0 Å². The van der Waals surface area contributed by atoms with Crippen molar-refractivity contribution in [3.8, 4) is 0 Å². The number of aryl methyl sites for hydroxylation is 1. The standard InChI is InChI=1S/C30H32N2O2S/c1-4-22(2)32(30(34)27-16-15-25-12-8-9-13-26(25)18-27)21-29(33)31(19-24-10-6-5-7-11-24)20-28-17-14-23(3)35-28/h5-18,22H,4,19-21H2,1-3H3. The predicted molar refractivity (Wildman–Crippen MR) is 144 cm³/mol. The van der Waals surface area contributed by atoms with Gasteiger partial charge >= 0.3 is 0 Å². The summed E-state index contributed by atoms with van der Waals surface area (Å²) >= 11 is 1.70. The van der Waals surface area contributed by atoms with E-state index in [1.807, 2.05) is 91.5 Å². The minimum absolute atomic E-state index is 0.0469. The second-order valence-electron chi connectivity index (χ2n) is 9.00. The third-order valence-corrected chi connectivity index (χ3v) is 7.38. The molecule has 0 fully saturated rings. The summed E-state index contributed by atoms with van der Waals surface area (Å²) in [7, 11) is 0. The quantitative estimate of drug-likeness (QED) is 0.266. The first-order valence-electron chi connectivity index (χ1n) is 12.1. The second kappa shape index (κ2) is 11.3. The van der Waals surface area contributed by atoms with Crippen LogP contribution in [0.2, 0.25) is 0 Å². The van der Waals surface area contributed by atoms with Crippen LogP contribution in [-0.4, -0.2) is 34.2 Å². The molecule has 3 aromatic carbocycles. The highest BCUT2D eigenvalue weighted by Crippen LogP contribution is 2.21. The van der Waals surface area contributed by atoms with Gasteiger partial charge in [0.2, 0.25) is 5.91 Å². The van der Waals surface area contributed by atoms with Crippen molar-refractivity contribution in [2.24, 2.45) is 0 Å². The first kappa shape index (κ1) is 24.7. The molecule has 0 radical (unpaired) electrons. The topological polar surface area (TPSA) is 40.6 Å². The molecular formula is C30H32N2O2S. The summed E-state index contributed by atoms with van der Waals surface area (Å²) in [5.41, 5.74) is 1.69. The molecule has 1 aromatic heterocycles. The van der Waals surface area contributed by atoms with Gasteiger partial charge in [0.05, 0.1) is 6.54 Å². The summed E-state index contributed by atoms with van der Waals surface area (Å²) in [6.45, 7) is 7.23. The zero-order valence-corrected chi connectivity index (χ0v) is 21.4. The summed E-state index contributed by atoms with van der Waals surface area (Å²) in [5.74, 6) is -0.153. The van der Waals surface area contributed by atoms with Crippen molar-refractivity contribution in [3.05, 3.63) is 106 Å². The van der Waals surface area contributed by atoms with Crippen LogP contribution in [0, 0.1) is 6.92 Å². The number of rotatable bonds is 9. The lowest BCUT2D eigenvalue weighted by Gasteiger charge is -2.31. The molecule has 0 aliphatic carbocycles. The summed E-state index contributed by atoms with van der Waals surface area (Å²) < 4.78 is 0. The normalized spacial score (nSPS) is 11.9. The summed E-state index contributed by atoms with van der Waals surface area (Å²) in [6.07, 6.45) is 0.773. The number of carbonyl (C=O) groups is 2. The molecule has 0 aliphatic heterocycles. The number of amides is 2. The van der Waals surface area contributed by atoms with Crippen LogP contribution in [0.15, 0.2) is 84.9 Å². The Bertz CT molecular complexity index is 1300. The van der Waals surface area contributed by atoms with Crippen molar-refractivity contribution in [2.45, 2.75) is 46.3 Å². The highest BCUT2D eigenvalue weighted by atomic mass is 32.1. The fraction of sp³-hybridized carbons (Fsp3) is 0.267. The van der Waals surface area contributed by atoms with Crippen LogP contribution < -0.4 is 0 Å². The van der Waals surface area contributed by atoms with Crippen molar-refractivity contribution in [1.29, 1.82) is 0 Å². The van der Waals surface area contributed by atoms with E-state index in [1.165, 1.54) is 4.88 Å². The van der Waals surface area contributed by atoms with Crippen LogP contribution in [0.4, 0.5) is 0 Å². The molecule has 4 rings (SSSR count). The molecule has 1 heterocycles. The van der Waals surface area contributed by atoms with E-state index in [1.54, 1.807) is 16.2 Å². The molecule has 4 nitrogen and oxygen atoms in total. The Labute approximate surface area is 211 Å². The van der Waals surface area contributed by atoms with Crippen LogP contribution in [-0.2, 0) is 17.9 Å². The minimum Gasteiger partial charge on any atom is -0.332 e. The van der Waals surface area contributed by atoms with E-state index in [0.29, 0.717) is 18.7 Å². The van der Waals surface area contributed by atoms with Gasteiger partial charge in [0, 0.05) is 27.9 Å². The molecular weight excluding hydrogens is 452 g/mol. The zero-order chi connectivity index (χ0) is 24.8. The van der Waals surface area contributed by atoms with Gasteiger partial charge in [0.1, 0.15) is 6.54 Å². The Balaban J connectivity index is 1.58. The van der Waals surface area contributed by atoms with Gasteiger partial charge in [0.25, 0.3) is 5.91 Å².